The maximum absolute atomic E-state index is 14.1. The van der Waals surface area contributed by atoms with Crippen molar-refractivity contribution in [1.29, 1.82) is 0 Å². The molecule has 1 aliphatic heterocycles. The molecule has 0 bridgehead atoms. The molecule has 1 N–H and O–H groups in total. The fraction of sp³-hybridized carbons (Fsp3) is 0.238. The zero-order valence-electron chi connectivity index (χ0n) is 26.1. The maximum atomic E-state index is 14.1. The summed E-state index contributed by atoms with van der Waals surface area (Å²) in [5, 5.41) is 16.7. The van der Waals surface area contributed by atoms with Gasteiger partial charge in [-0.15, -0.1) is 0 Å². The van der Waals surface area contributed by atoms with Crippen molar-refractivity contribution in [2.45, 2.75) is 57.9 Å². The Bertz CT molecular complexity index is 2240. The van der Waals surface area contributed by atoms with E-state index < -0.39 is 0 Å². The number of carbonyl (C=O) groups is 1. The van der Waals surface area contributed by atoms with E-state index in [0.29, 0.717) is 11.1 Å². The van der Waals surface area contributed by atoms with Crippen LogP contribution >= 0.6 is 0 Å². The second-order valence-corrected chi connectivity index (χ2v) is 13.3. The summed E-state index contributed by atoms with van der Waals surface area (Å²) in [5.41, 5.74) is 10.6. The Morgan fingerprint density at radius 1 is 0.696 bits per heavy atom. The summed E-state index contributed by atoms with van der Waals surface area (Å²) in [4.78, 5) is 14.1. The van der Waals surface area contributed by atoms with Crippen molar-refractivity contribution in [3.63, 3.8) is 0 Å². The topological polar surface area (TPSA) is 45.2 Å². The molecule has 1 aromatic heterocycles. The van der Waals surface area contributed by atoms with E-state index in [1.807, 2.05) is 0 Å². The molecule has 1 saturated carbocycles. The van der Waals surface area contributed by atoms with Crippen LogP contribution in [0.4, 0.5) is 0 Å². The van der Waals surface area contributed by atoms with Crippen molar-refractivity contribution in [2.75, 3.05) is 6.54 Å². The highest BCUT2D eigenvalue weighted by Gasteiger charge is 2.45. The van der Waals surface area contributed by atoms with Crippen LogP contribution in [0.25, 0.3) is 27.1 Å². The summed E-state index contributed by atoms with van der Waals surface area (Å²) in [5.74, 6) is 0.139. The van der Waals surface area contributed by atoms with Gasteiger partial charge in [0, 0.05) is 36.7 Å². The zero-order valence-corrected chi connectivity index (χ0v) is 26.1. The van der Waals surface area contributed by atoms with Gasteiger partial charge in [0.2, 0.25) is 11.5 Å². The molecule has 0 atom stereocenters. The fourth-order valence-corrected chi connectivity index (χ4v) is 8.28. The Morgan fingerprint density at radius 2 is 1.37 bits per heavy atom. The van der Waals surface area contributed by atoms with Crippen LogP contribution in [-0.2, 0) is 37.0 Å². The van der Waals surface area contributed by atoms with Crippen molar-refractivity contribution in [1.82, 2.24) is 4.57 Å². The first-order valence-electron chi connectivity index (χ1n) is 16.9. The lowest BCUT2D eigenvalue weighted by molar-refractivity contribution is -0.469. The number of hydrogen-bond donors (Lipinski definition) is 1. The molecule has 4 nitrogen and oxygen atoms in total. The number of aliphatic hydroxyl groups is 1. The molecule has 3 aliphatic carbocycles. The molecule has 0 radical (unpaired) electrons. The van der Waals surface area contributed by atoms with Crippen LogP contribution in [-0.4, -0.2) is 32.3 Å². The summed E-state index contributed by atoms with van der Waals surface area (Å²) >= 11 is 0. The van der Waals surface area contributed by atoms with Gasteiger partial charge in [0.25, 0.3) is 0 Å². The Labute approximate surface area is 269 Å². The molecule has 9 rings (SSSR count). The van der Waals surface area contributed by atoms with Crippen LogP contribution < -0.4 is 0 Å². The molecule has 0 saturated heterocycles. The number of hydrogen-bond acceptors (Lipinski definition) is 2. The van der Waals surface area contributed by atoms with E-state index in [9.17, 15) is 9.90 Å². The largest absolute Gasteiger partial charge is 0.506 e. The van der Waals surface area contributed by atoms with Crippen LogP contribution in [0.1, 0.15) is 53.8 Å². The van der Waals surface area contributed by atoms with Gasteiger partial charge in [-0.3, -0.25) is 4.79 Å². The first-order valence-corrected chi connectivity index (χ1v) is 16.9. The molecule has 0 unspecified atom stereocenters. The third-order valence-corrected chi connectivity index (χ3v) is 10.6. The molecular formula is C42H37N2O2+. The van der Waals surface area contributed by atoms with Gasteiger partial charge in [-0.05, 0) is 82.8 Å². The number of allylic oxidation sites excluding steroid dienone is 4. The smallest absolute Gasteiger partial charge is 0.221 e. The van der Waals surface area contributed by atoms with Crippen molar-refractivity contribution in [2.24, 2.45) is 0 Å². The molecule has 226 valence electrons. The number of fused-ring (bicyclic) bond motifs is 4. The van der Waals surface area contributed by atoms with Crippen LogP contribution in [0.15, 0.2) is 120 Å². The molecule has 4 aromatic carbocycles. The maximum Gasteiger partial charge on any atom is 0.221 e. The summed E-state index contributed by atoms with van der Waals surface area (Å²) < 4.78 is 4.66. The van der Waals surface area contributed by atoms with Gasteiger partial charge in [0.1, 0.15) is 11.3 Å². The van der Waals surface area contributed by atoms with E-state index in [-0.39, 0.29) is 11.5 Å². The van der Waals surface area contributed by atoms with E-state index >= 15 is 0 Å². The lowest BCUT2D eigenvalue weighted by atomic mass is 9.84. The minimum atomic E-state index is -0.0243. The molecule has 5 aromatic rings. The quantitative estimate of drug-likeness (QED) is 0.150. The molecule has 2 heterocycles. The van der Waals surface area contributed by atoms with Crippen molar-refractivity contribution >= 4 is 38.6 Å². The number of ketones is 1. The monoisotopic (exact) mass is 601 g/mol. The number of nitrogens with zero attached hydrogens (tertiary/aromatic N) is 2. The number of aromatic nitrogens is 1. The summed E-state index contributed by atoms with van der Waals surface area (Å²) in [6, 6.07) is 32.5. The second-order valence-electron chi connectivity index (χ2n) is 13.3. The molecule has 0 amide bonds. The van der Waals surface area contributed by atoms with Crippen molar-refractivity contribution in [3.05, 3.63) is 148 Å². The summed E-state index contributed by atoms with van der Waals surface area (Å²) in [6.07, 6.45) is 10.3. The summed E-state index contributed by atoms with van der Waals surface area (Å²) in [6.45, 7) is 1.58. The van der Waals surface area contributed by atoms with Crippen LogP contribution in [0.5, 0.6) is 0 Å². The highest BCUT2D eigenvalue weighted by molar-refractivity contribution is 6.39. The lowest BCUT2D eigenvalue weighted by Crippen LogP contribution is -2.28. The number of aryl methyl sites for hydroxylation is 2. The average Bonchev–Trinajstić information content (AvgIpc) is 3.86. The molecule has 46 heavy (non-hydrogen) atoms. The Kier molecular flexibility index (Phi) is 6.45. The zero-order chi connectivity index (χ0) is 30.8. The van der Waals surface area contributed by atoms with Gasteiger partial charge < -0.3 is 9.67 Å². The van der Waals surface area contributed by atoms with Gasteiger partial charge >= 0.3 is 0 Å². The molecule has 4 heteroatoms. The summed E-state index contributed by atoms with van der Waals surface area (Å²) in [7, 11) is 0. The van der Waals surface area contributed by atoms with E-state index in [4.69, 9.17) is 0 Å². The minimum Gasteiger partial charge on any atom is -0.506 e. The van der Waals surface area contributed by atoms with E-state index in [1.165, 1.54) is 55.2 Å². The molecule has 0 spiro atoms. The molecular weight excluding hydrogens is 564 g/mol. The third kappa shape index (κ3) is 4.42. The van der Waals surface area contributed by atoms with Crippen LogP contribution in [0, 0.1) is 0 Å². The van der Waals surface area contributed by atoms with Gasteiger partial charge in [0.05, 0.1) is 11.3 Å². The second kappa shape index (κ2) is 10.8. The number of aliphatic hydroxyl groups excluding tert-OH is 1. The lowest BCUT2D eigenvalue weighted by Gasteiger charge is -2.23. The highest BCUT2D eigenvalue weighted by Crippen LogP contribution is 2.43. The predicted molar refractivity (Wildman–Crippen MR) is 185 cm³/mol. The standard InChI is InChI=1S/C42H36N2O2/c45-41-39(37-25-33-11-5-13-35(33)43(37)21-19-27-15-17-29-7-1-3-9-31(29)23-27)42(46)40(41)38-26-34-12-6-14-36(34)44(38)22-20-28-16-18-30-8-2-4-10-32(30)24-28/h1-4,7-10,15-18,23-26H,5-6,11-14,19-22H2/p+1. The highest BCUT2D eigenvalue weighted by atomic mass is 16.3. The first-order chi connectivity index (χ1) is 22.6. The SMILES string of the molecule is O=C1C(=C2C=C3CCCC3=[N+]2CCc2ccc3ccccc3c2)C(O)=C1c1cc2c(n1CCc1ccc3ccccc3c1)CCC2. The Balaban J connectivity index is 1.04. The number of Topliss-reactive ketones (excluding diaryl/α,β-unsaturated/α-hetero) is 1. The first kappa shape index (κ1) is 27.4. The van der Waals surface area contributed by atoms with Crippen LogP contribution in [0.2, 0.25) is 0 Å². The van der Waals surface area contributed by atoms with E-state index in [0.717, 1.165) is 75.8 Å². The van der Waals surface area contributed by atoms with E-state index in [2.05, 4.69) is 106 Å². The average molecular weight is 602 g/mol. The van der Waals surface area contributed by atoms with Gasteiger partial charge in [-0.2, -0.15) is 4.58 Å². The minimum absolute atomic E-state index is 0.0243. The Hall–Kier alpha value is -4.96. The van der Waals surface area contributed by atoms with Gasteiger partial charge in [0.15, 0.2) is 12.3 Å². The fourth-order valence-electron chi connectivity index (χ4n) is 8.28. The van der Waals surface area contributed by atoms with Gasteiger partial charge in [-0.25, -0.2) is 0 Å². The third-order valence-electron chi connectivity index (χ3n) is 10.6. The number of benzene rings is 4. The predicted octanol–water partition coefficient (Wildman–Crippen LogP) is 8.45. The van der Waals surface area contributed by atoms with Crippen LogP contribution in [0.3, 0.4) is 0 Å². The van der Waals surface area contributed by atoms with Crippen molar-refractivity contribution in [3.8, 4) is 0 Å². The van der Waals surface area contributed by atoms with Crippen molar-refractivity contribution < 1.29 is 14.5 Å². The normalized spacial score (nSPS) is 19.0. The number of carbonyl (C=O) groups excluding carboxylic acids is 1. The van der Waals surface area contributed by atoms with E-state index in [1.54, 1.807) is 0 Å². The molecule has 1 fully saturated rings. The Morgan fingerprint density at radius 3 is 2.09 bits per heavy atom. The van der Waals surface area contributed by atoms with Gasteiger partial charge in [-0.1, -0.05) is 84.9 Å². The molecule has 4 aliphatic rings. The number of rotatable bonds is 7.